The van der Waals surface area contributed by atoms with Crippen molar-refractivity contribution in [2.45, 2.75) is 65.1 Å². The highest BCUT2D eigenvalue weighted by molar-refractivity contribution is 5.78. The van der Waals surface area contributed by atoms with Gasteiger partial charge in [0.15, 0.2) is 5.96 Å². The fraction of sp³-hybridized carbons (Fsp3) is 0.632. The van der Waals surface area contributed by atoms with Crippen molar-refractivity contribution in [3.63, 3.8) is 0 Å². The first-order valence-corrected chi connectivity index (χ1v) is 9.08. The fourth-order valence-corrected chi connectivity index (χ4v) is 3.13. The molecule has 0 saturated heterocycles. The molecule has 0 aromatic heterocycles. The number of aliphatic imine (C=N–C) groups is 1. The zero-order valence-corrected chi connectivity index (χ0v) is 14.7. The highest BCUT2D eigenvalue weighted by Crippen LogP contribution is 2.17. The van der Waals surface area contributed by atoms with E-state index in [0.717, 1.165) is 19.6 Å². The number of guanidine groups is 1. The average Bonchev–Trinajstić information content (AvgIpc) is 2.60. The van der Waals surface area contributed by atoms with Crippen LogP contribution in [0.25, 0.3) is 0 Å². The van der Waals surface area contributed by atoms with Crippen LogP contribution in [-0.4, -0.2) is 30.0 Å². The Labute approximate surface area is 141 Å². The van der Waals surface area contributed by atoms with Crippen LogP contribution in [0.5, 0.6) is 0 Å². The minimum absolute atomic E-state index is 0.518. The van der Waals surface area contributed by atoms with Gasteiger partial charge in [-0.05, 0) is 37.1 Å². The van der Waals surface area contributed by atoms with Crippen LogP contribution in [0.15, 0.2) is 29.3 Å². The quantitative estimate of drug-likeness (QED) is 0.599. The summed E-state index contributed by atoms with van der Waals surface area (Å²) in [4.78, 5) is 6.90. The van der Waals surface area contributed by atoms with Crippen molar-refractivity contribution in [3.8, 4) is 0 Å². The van der Waals surface area contributed by atoms with Crippen LogP contribution in [0.1, 0.15) is 57.1 Å². The van der Waals surface area contributed by atoms with E-state index in [-0.39, 0.29) is 0 Å². The smallest absolute Gasteiger partial charge is 0.189 e. The molecule has 4 nitrogen and oxygen atoms in total. The molecular weight excluding hydrogens is 284 g/mol. The molecule has 1 aliphatic carbocycles. The number of rotatable bonds is 7. The van der Waals surface area contributed by atoms with Gasteiger partial charge in [0.05, 0.1) is 6.54 Å². The Morgan fingerprint density at radius 2 is 1.70 bits per heavy atom. The van der Waals surface area contributed by atoms with Gasteiger partial charge in [0, 0.05) is 12.6 Å². The summed E-state index contributed by atoms with van der Waals surface area (Å²) in [6.07, 6.45) is 6.40. The molecule has 0 aliphatic heterocycles. The molecule has 0 unspecified atom stereocenters. The van der Waals surface area contributed by atoms with Crippen LogP contribution in [-0.2, 0) is 13.1 Å². The predicted molar refractivity (Wildman–Crippen MR) is 98.4 cm³/mol. The van der Waals surface area contributed by atoms with E-state index in [2.05, 4.69) is 53.3 Å². The van der Waals surface area contributed by atoms with E-state index in [9.17, 15) is 0 Å². The number of nitrogens with two attached hydrogens (primary N) is 1. The van der Waals surface area contributed by atoms with Crippen molar-refractivity contribution in [3.05, 3.63) is 35.4 Å². The summed E-state index contributed by atoms with van der Waals surface area (Å²) in [5.74, 6) is 0.587. The SMILES string of the molecule is CCN(CC)Cc1ccc(CN=C(N)NC2CCCCC2)cc1. The molecule has 3 N–H and O–H groups in total. The largest absolute Gasteiger partial charge is 0.370 e. The monoisotopic (exact) mass is 316 g/mol. The van der Waals surface area contributed by atoms with Gasteiger partial charge in [-0.15, -0.1) is 0 Å². The van der Waals surface area contributed by atoms with Gasteiger partial charge in [0.1, 0.15) is 0 Å². The Morgan fingerprint density at radius 1 is 1.09 bits per heavy atom. The van der Waals surface area contributed by atoms with Crippen molar-refractivity contribution in [1.82, 2.24) is 10.2 Å². The lowest BCUT2D eigenvalue weighted by atomic mass is 9.96. The summed E-state index contributed by atoms with van der Waals surface area (Å²) in [5.41, 5.74) is 8.58. The van der Waals surface area contributed by atoms with Crippen LogP contribution < -0.4 is 11.1 Å². The minimum atomic E-state index is 0.518. The summed E-state index contributed by atoms with van der Waals surface area (Å²) < 4.78 is 0. The van der Waals surface area contributed by atoms with Gasteiger partial charge in [-0.2, -0.15) is 0 Å². The number of hydrogen-bond donors (Lipinski definition) is 2. The molecule has 128 valence electrons. The van der Waals surface area contributed by atoms with Crippen LogP contribution in [0.3, 0.4) is 0 Å². The molecule has 1 aliphatic rings. The predicted octanol–water partition coefficient (Wildman–Crippen LogP) is 3.27. The van der Waals surface area contributed by atoms with E-state index in [1.165, 1.54) is 43.2 Å². The maximum absolute atomic E-state index is 6.02. The molecule has 23 heavy (non-hydrogen) atoms. The van der Waals surface area contributed by atoms with Crippen LogP contribution in [0, 0.1) is 0 Å². The summed E-state index contributed by atoms with van der Waals surface area (Å²) in [6, 6.07) is 9.25. The second-order valence-electron chi connectivity index (χ2n) is 6.46. The molecule has 0 amide bonds. The lowest BCUT2D eigenvalue weighted by Gasteiger charge is -2.23. The molecule has 4 heteroatoms. The van der Waals surface area contributed by atoms with E-state index in [4.69, 9.17) is 5.73 Å². The Morgan fingerprint density at radius 3 is 2.30 bits per heavy atom. The van der Waals surface area contributed by atoms with E-state index >= 15 is 0 Å². The summed E-state index contributed by atoms with van der Waals surface area (Å²) >= 11 is 0. The molecule has 2 rings (SSSR count). The molecule has 1 aromatic carbocycles. The molecule has 0 heterocycles. The lowest BCUT2D eigenvalue weighted by molar-refractivity contribution is 0.296. The topological polar surface area (TPSA) is 53.6 Å². The molecule has 0 atom stereocenters. The van der Waals surface area contributed by atoms with Crippen molar-refractivity contribution >= 4 is 5.96 Å². The molecule has 1 saturated carbocycles. The van der Waals surface area contributed by atoms with Gasteiger partial charge in [-0.25, -0.2) is 4.99 Å². The molecular formula is C19H32N4. The third-order valence-corrected chi connectivity index (χ3v) is 4.71. The van der Waals surface area contributed by atoms with E-state index in [1.807, 2.05) is 0 Å². The summed E-state index contributed by atoms with van der Waals surface area (Å²) in [7, 11) is 0. The fourth-order valence-electron chi connectivity index (χ4n) is 3.13. The standard InChI is InChI=1S/C19H32N4/c1-3-23(4-2)15-17-12-10-16(11-13-17)14-21-19(20)22-18-8-6-5-7-9-18/h10-13,18H,3-9,14-15H2,1-2H3,(H3,20,21,22). The maximum Gasteiger partial charge on any atom is 0.189 e. The second kappa shape index (κ2) is 9.56. The first kappa shape index (κ1) is 17.8. The maximum atomic E-state index is 6.02. The van der Waals surface area contributed by atoms with Crippen LogP contribution >= 0.6 is 0 Å². The third kappa shape index (κ3) is 6.22. The first-order valence-electron chi connectivity index (χ1n) is 9.08. The Hall–Kier alpha value is -1.55. The zero-order valence-electron chi connectivity index (χ0n) is 14.7. The normalized spacial score (nSPS) is 16.7. The Bertz CT molecular complexity index is 471. The molecule has 0 radical (unpaired) electrons. The number of nitrogens with one attached hydrogen (secondary N) is 1. The summed E-state index contributed by atoms with van der Waals surface area (Å²) in [6.45, 7) is 8.25. The molecule has 0 bridgehead atoms. The molecule has 1 fully saturated rings. The first-order chi connectivity index (χ1) is 11.2. The Kier molecular flexibility index (Phi) is 7.40. The molecule has 0 spiro atoms. The van der Waals surface area contributed by atoms with Gasteiger partial charge in [-0.3, -0.25) is 4.90 Å². The van der Waals surface area contributed by atoms with Gasteiger partial charge in [0.25, 0.3) is 0 Å². The number of benzene rings is 1. The van der Waals surface area contributed by atoms with Crippen molar-refractivity contribution in [2.75, 3.05) is 13.1 Å². The second-order valence-corrected chi connectivity index (χ2v) is 6.46. The Balaban J connectivity index is 1.81. The van der Waals surface area contributed by atoms with E-state index in [0.29, 0.717) is 18.5 Å². The third-order valence-electron chi connectivity index (χ3n) is 4.71. The highest BCUT2D eigenvalue weighted by atomic mass is 15.1. The average molecular weight is 316 g/mol. The van der Waals surface area contributed by atoms with Crippen molar-refractivity contribution in [1.29, 1.82) is 0 Å². The van der Waals surface area contributed by atoms with Gasteiger partial charge in [-0.1, -0.05) is 57.4 Å². The van der Waals surface area contributed by atoms with Crippen molar-refractivity contribution in [2.24, 2.45) is 10.7 Å². The minimum Gasteiger partial charge on any atom is -0.370 e. The molecule has 1 aromatic rings. The lowest BCUT2D eigenvalue weighted by Crippen LogP contribution is -2.41. The number of hydrogen-bond acceptors (Lipinski definition) is 2. The van der Waals surface area contributed by atoms with Crippen LogP contribution in [0.4, 0.5) is 0 Å². The van der Waals surface area contributed by atoms with Gasteiger partial charge in [0.2, 0.25) is 0 Å². The van der Waals surface area contributed by atoms with Crippen LogP contribution in [0.2, 0.25) is 0 Å². The van der Waals surface area contributed by atoms with E-state index in [1.54, 1.807) is 0 Å². The summed E-state index contributed by atoms with van der Waals surface area (Å²) in [5, 5.41) is 3.36. The highest BCUT2D eigenvalue weighted by Gasteiger charge is 2.13. The van der Waals surface area contributed by atoms with Gasteiger partial charge >= 0.3 is 0 Å². The van der Waals surface area contributed by atoms with Crippen molar-refractivity contribution < 1.29 is 0 Å². The zero-order chi connectivity index (χ0) is 16.5. The van der Waals surface area contributed by atoms with E-state index < -0.39 is 0 Å². The number of nitrogens with zero attached hydrogens (tertiary/aromatic N) is 2. The van der Waals surface area contributed by atoms with Gasteiger partial charge < -0.3 is 11.1 Å².